The van der Waals surface area contributed by atoms with E-state index in [-0.39, 0.29) is 35.6 Å². The number of carbonyl (C=O) groups is 1. The number of halogens is 1. The summed E-state index contributed by atoms with van der Waals surface area (Å²) >= 11 is 0. The zero-order chi connectivity index (χ0) is 14.2. The Morgan fingerprint density at radius 2 is 1.95 bits per heavy atom. The molecule has 6 nitrogen and oxygen atoms in total. The van der Waals surface area contributed by atoms with Crippen LogP contribution in [0.2, 0.25) is 0 Å². The van der Waals surface area contributed by atoms with E-state index in [1.54, 1.807) is 12.1 Å². The zero-order valence-corrected chi connectivity index (χ0v) is 13.6. The van der Waals surface area contributed by atoms with E-state index in [1.165, 1.54) is 6.26 Å². The SMILES string of the molecule is I.NC(=NCCNC(=O)c1ccco1)Nc1ccccc1. The third-order valence-electron chi connectivity index (χ3n) is 2.47. The van der Waals surface area contributed by atoms with Gasteiger partial charge in [0.05, 0.1) is 12.8 Å². The van der Waals surface area contributed by atoms with E-state index >= 15 is 0 Å². The lowest BCUT2D eigenvalue weighted by Gasteiger charge is -2.05. The molecule has 0 unspecified atom stereocenters. The molecule has 0 aliphatic rings. The highest BCUT2D eigenvalue weighted by Gasteiger charge is 2.06. The summed E-state index contributed by atoms with van der Waals surface area (Å²) in [6, 6.07) is 12.8. The molecule has 0 saturated heterocycles. The Morgan fingerprint density at radius 3 is 2.62 bits per heavy atom. The minimum atomic E-state index is -0.264. The molecule has 0 bridgehead atoms. The van der Waals surface area contributed by atoms with Gasteiger partial charge < -0.3 is 20.8 Å². The van der Waals surface area contributed by atoms with Crippen LogP contribution in [0.1, 0.15) is 10.6 Å². The maximum atomic E-state index is 11.5. The van der Waals surface area contributed by atoms with Gasteiger partial charge in [-0.05, 0) is 24.3 Å². The van der Waals surface area contributed by atoms with Crippen molar-refractivity contribution in [1.29, 1.82) is 0 Å². The van der Waals surface area contributed by atoms with Crippen LogP contribution in [0.25, 0.3) is 0 Å². The van der Waals surface area contributed by atoms with Crippen molar-refractivity contribution >= 4 is 41.5 Å². The molecule has 112 valence electrons. The number of hydrogen-bond donors (Lipinski definition) is 3. The number of nitrogens with one attached hydrogen (secondary N) is 2. The summed E-state index contributed by atoms with van der Waals surface area (Å²) in [7, 11) is 0. The Bertz CT molecular complexity index is 570. The van der Waals surface area contributed by atoms with Crippen LogP contribution in [0.4, 0.5) is 5.69 Å². The van der Waals surface area contributed by atoms with Crippen molar-refractivity contribution in [1.82, 2.24) is 5.32 Å². The van der Waals surface area contributed by atoms with E-state index < -0.39 is 0 Å². The molecule has 1 heterocycles. The fourth-order valence-electron chi connectivity index (χ4n) is 1.55. The van der Waals surface area contributed by atoms with Crippen LogP contribution in [0.5, 0.6) is 0 Å². The van der Waals surface area contributed by atoms with E-state index in [9.17, 15) is 4.79 Å². The van der Waals surface area contributed by atoms with Crippen LogP contribution in [0.3, 0.4) is 0 Å². The molecule has 7 heteroatoms. The number of rotatable bonds is 5. The molecule has 4 N–H and O–H groups in total. The second-order valence-corrected chi connectivity index (χ2v) is 3.99. The molecule has 0 radical (unpaired) electrons. The molecule has 1 amide bonds. The molecule has 0 atom stereocenters. The standard InChI is InChI=1S/C14H16N4O2.HI/c15-14(18-11-5-2-1-3-6-11)17-9-8-16-13(19)12-7-4-10-20-12;/h1-7,10H,8-9H2,(H,16,19)(H3,15,17,18);1H. The van der Waals surface area contributed by atoms with Gasteiger partial charge in [0.1, 0.15) is 0 Å². The van der Waals surface area contributed by atoms with E-state index in [0.29, 0.717) is 19.0 Å². The van der Waals surface area contributed by atoms with Crippen molar-refractivity contribution < 1.29 is 9.21 Å². The lowest BCUT2D eigenvalue weighted by molar-refractivity contribution is 0.0927. The third-order valence-corrected chi connectivity index (χ3v) is 2.47. The Kier molecular flexibility index (Phi) is 7.30. The number of anilines is 1. The van der Waals surface area contributed by atoms with Gasteiger partial charge in [-0.1, -0.05) is 18.2 Å². The van der Waals surface area contributed by atoms with Crippen LogP contribution in [-0.4, -0.2) is 25.0 Å². The maximum absolute atomic E-state index is 11.5. The minimum Gasteiger partial charge on any atom is -0.459 e. The summed E-state index contributed by atoms with van der Waals surface area (Å²) in [6.45, 7) is 0.773. The Balaban J connectivity index is 0.00000220. The molecule has 0 fully saturated rings. The van der Waals surface area contributed by atoms with Crippen molar-refractivity contribution in [3.05, 3.63) is 54.5 Å². The number of nitrogens with two attached hydrogens (primary N) is 1. The number of nitrogens with zero attached hydrogens (tertiary/aromatic N) is 1. The fourth-order valence-corrected chi connectivity index (χ4v) is 1.55. The summed E-state index contributed by atoms with van der Waals surface area (Å²) in [6.07, 6.45) is 1.45. The number of carbonyl (C=O) groups excluding carboxylic acids is 1. The first-order chi connectivity index (χ1) is 9.75. The first-order valence-electron chi connectivity index (χ1n) is 6.19. The van der Waals surface area contributed by atoms with Gasteiger partial charge in [-0.3, -0.25) is 9.79 Å². The lowest BCUT2D eigenvalue weighted by Crippen LogP contribution is -2.28. The smallest absolute Gasteiger partial charge is 0.287 e. The second-order valence-electron chi connectivity index (χ2n) is 3.99. The van der Waals surface area contributed by atoms with Gasteiger partial charge in [0, 0.05) is 12.2 Å². The van der Waals surface area contributed by atoms with Crippen LogP contribution < -0.4 is 16.4 Å². The highest BCUT2D eigenvalue weighted by Crippen LogP contribution is 2.03. The molecule has 0 aliphatic heterocycles. The van der Waals surface area contributed by atoms with Crippen LogP contribution in [0.15, 0.2) is 58.1 Å². The zero-order valence-electron chi connectivity index (χ0n) is 11.3. The highest BCUT2D eigenvalue weighted by atomic mass is 127. The molecule has 1 aromatic heterocycles. The normalized spacial score (nSPS) is 10.6. The second kappa shape index (κ2) is 9.01. The molecule has 0 spiro atoms. The van der Waals surface area contributed by atoms with Gasteiger partial charge in [-0.25, -0.2) is 0 Å². The summed E-state index contributed by atoms with van der Waals surface area (Å²) < 4.78 is 4.97. The number of guanidine groups is 1. The average molecular weight is 400 g/mol. The number of benzene rings is 1. The number of aliphatic imine (C=N–C) groups is 1. The number of furan rings is 1. The van der Waals surface area contributed by atoms with Crippen LogP contribution in [-0.2, 0) is 0 Å². The highest BCUT2D eigenvalue weighted by molar-refractivity contribution is 14.0. The third kappa shape index (κ3) is 5.86. The Hall–Kier alpha value is -2.03. The Labute approximate surface area is 139 Å². The molecular formula is C14H17IN4O2. The predicted molar refractivity (Wildman–Crippen MR) is 93.0 cm³/mol. The van der Waals surface area contributed by atoms with Crippen molar-refractivity contribution in [2.45, 2.75) is 0 Å². The number of para-hydroxylation sites is 1. The molecule has 1 aromatic carbocycles. The molecular weight excluding hydrogens is 383 g/mol. The van der Waals surface area contributed by atoms with E-state index in [0.717, 1.165) is 5.69 Å². The van der Waals surface area contributed by atoms with Crippen LogP contribution in [0, 0.1) is 0 Å². The number of hydrogen-bond acceptors (Lipinski definition) is 3. The fraction of sp³-hybridized carbons (Fsp3) is 0.143. The van der Waals surface area contributed by atoms with E-state index in [2.05, 4.69) is 15.6 Å². The molecule has 0 aliphatic carbocycles. The van der Waals surface area contributed by atoms with Crippen molar-refractivity contribution in [3.63, 3.8) is 0 Å². The summed E-state index contributed by atoms with van der Waals surface area (Å²) in [5.74, 6) is 0.326. The number of amides is 1. The quantitative estimate of drug-likeness (QED) is 0.310. The summed E-state index contributed by atoms with van der Waals surface area (Å²) in [5.41, 5.74) is 6.59. The van der Waals surface area contributed by atoms with Crippen LogP contribution >= 0.6 is 24.0 Å². The summed E-state index contributed by atoms with van der Waals surface area (Å²) in [5, 5.41) is 5.64. The van der Waals surface area contributed by atoms with Gasteiger partial charge in [0.2, 0.25) is 0 Å². The molecule has 0 saturated carbocycles. The van der Waals surface area contributed by atoms with Gasteiger partial charge in [-0.15, -0.1) is 24.0 Å². The van der Waals surface area contributed by atoms with Gasteiger partial charge >= 0.3 is 0 Å². The van der Waals surface area contributed by atoms with Crippen molar-refractivity contribution in [3.8, 4) is 0 Å². The Morgan fingerprint density at radius 1 is 1.19 bits per heavy atom. The van der Waals surface area contributed by atoms with Crippen molar-refractivity contribution in [2.75, 3.05) is 18.4 Å². The van der Waals surface area contributed by atoms with Crippen molar-refractivity contribution in [2.24, 2.45) is 10.7 Å². The van der Waals surface area contributed by atoms with Gasteiger partial charge in [0.15, 0.2) is 11.7 Å². The summed E-state index contributed by atoms with van der Waals surface area (Å²) in [4.78, 5) is 15.7. The average Bonchev–Trinajstić information content (AvgIpc) is 2.99. The predicted octanol–water partition coefficient (Wildman–Crippen LogP) is 2.05. The largest absolute Gasteiger partial charge is 0.459 e. The molecule has 2 aromatic rings. The monoisotopic (exact) mass is 400 g/mol. The molecule has 2 rings (SSSR count). The van der Waals surface area contributed by atoms with Gasteiger partial charge in [0.25, 0.3) is 5.91 Å². The lowest BCUT2D eigenvalue weighted by atomic mass is 10.3. The first kappa shape index (κ1) is 17.0. The maximum Gasteiger partial charge on any atom is 0.287 e. The van der Waals surface area contributed by atoms with E-state index in [4.69, 9.17) is 10.2 Å². The van der Waals surface area contributed by atoms with E-state index in [1.807, 2.05) is 30.3 Å². The topological polar surface area (TPSA) is 92.6 Å². The minimum absolute atomic E-state index is 0. The molecule has 21 heavy (non-hydrogen) atoms. The van der Waals surface area contributed by atoms with Gasteiger partial charge in [-0.2, -0.15) is 0 Å². The first-order valence-corrected chi connectivity index (χ1v) is 6.19.